The van der Waals surface area contributed by atoms with Crippen LogP contribution in [0.5, 0.6) is 5.75 Å². The molecule has 0 bridgehead atoms. The minimum absolute atomic E-state index is 0. The van der Waals surface area contributed by atoms with E-state index >= 15 is 0 Å². The highest BCUT2D eigenvalue weighted by Gasteiger charge is 2.23. The predicted octanol–water partition coefficient (Wildman–Crippen LogP) is 3.51. The van der Waals surface area contributed by atoms with Gasteiger partial charge in [0.1, 0.15) is 17.7 Å². The van der Waals surface area contributed by atoms with Crippen molar-refractivity contribution in [2.24, 2.45) is 4.99 Å². The number of nitrogens with zero attached hydrogens (tertiary/aromatic N) is 2. The quantitative estimate of drug-likeness (QED) is 0.301. The van der Waals surface area contributed by atoms with Crippen molar-refractivity contribution >= 4 is 41.3 Å². The SMILES string of the molecule is CN=C(NCC(C)Oc1cccc(F)c1)NCC(c1cccs1)N1CCOCC1.I. The van der Waals surface area contributed by atoms with Gasteiger partial charge in [-0.05, 0) is 30.5 Å². The van der Waals surface area contributed by atoms with E-state index in [4.69, 9.17) is 9.47 Å². The van der Waals surface area contributed by atoms with Gasteiger partial charge in [-0.25, -0.2) is 4.39 Å². The van der Waals surface area contributed by atoms with Gasteiger partial charge in [-0.1, -0.05) is 12.1 Å². The summed E-state index contributed by atoms with van der Waals surface area (Å²) in [7, 11) is 1.75. The van der Waals surface area contributed by atoms with Crippen LogP contribution in [0.1, 0.15) is 17.8 Å². The number of rotatable bonds is 8. The molecule has 2 heterocycles. The molecule has 9 heteroatoms. The van der Waals surface area contributed by atoms with Crippen LogP contribution in [-0.2, 0) is 4.74 Å². The van der Waals surface area contributed by atoms with Crippen LogP contribution in [0.2, 0.25) is 0 Å². The van der Waals surface area contributed by atoms with Crippen LogP contribution in [0.3, 0.4) is 0 Å². The summed E-state index contributed by atoms with van der Waals surface area (Å²) in [6, 6.07) is 10.7. The maximum Gasteiger partial charge on any atom is 0.191 e. The number of thiophene rings is 1. The Bertz CT molecular complexity index is 772. The van der Waals surface area contributed by atoms with Gasteiger partial charge in [0.25, 0.3) is 0 Å². The first-order valence-electron chi connectivity index (χ1n) is 9.87. The Labute approximate surface area is 198 Å². The van der Waals surface area contributed by atoms with E-state index in [1.165, 1.54) is 17.0 Å². The Hall–Kier alpha value is -1.43. The molecule has 1 saturated heterocycles. The zero-order valence-electron chi connectivity index (χ0n) is 17.3. The third-order valence-corrected chi connectivity index (χ3v) is 5.71. The molecule has 2 atom stereocenters. The van der Waals surface area contributed by atoms with E-state index in [2.05, 4.69) is 38.0 Å². The highest BCUT2D eigenvalue weighted by molar-refractivity contribution is 14.0. The van der Waals surface area contributed by atoms with Gasteiger partial charge >= 0.3 is 0 Å². The highest BCUT2D eigenvalue weighted by atomic mass is 127. The topological polar surface area (TPSA) is 58.1 Å². The Morgan fingerprint density at radius 2 is 2.00 bits per heavy atom. The van der Waals surface area contributed by atoms with Gasteiger partial charge in [0.05, 0.1) is 25.8 Å². The molecule has 166 valence electrons. The van der Waals surface area contributed by atoms with Crippen LogP contribution in [0, 0.1) is 5.82 Å². The van der Waals surface area contributed by atoms with Crippen LogP contribution in [0.25, 0.3) is 0 Å². The second kappa shape index (κ2) is 13.1. The molecule has 1 aliphatic rings. The van der Waals surface area contributed by atoms with Crippen molar-refractivity contribution in [1.82, 2.24) is 15.5 Å². The number of halogens is 2. The third-order valence-electron chi connectivity index (χ3n) is 4.73. The summed E-state index contributed by atoms with van der Waals surface area (Å²) in [4.78, 5) is 8.10. The van der Waals surface area contributed by atoms with Gasteiger partial charge in [0.15, 0.2) is 5.96 Å². The van der Waals surface area contributed by atoms with Gasteiger partial charge in [-0.3, -0.25) is 9.89 Å². The number of ether oxygens (including phenoxy) is 2. The summed E-state index contributed by atoms with van der Waals surface area (Å²) in [5, 5.41) is 8.83. The van der Waals surface area contributed by atoms with Crippen molar-refractivity contribution in [1.29, 1.82) is 0 Å². The van der Waals surface area contributed by atoms with Gasteiger partial charge < -0.3 is 20.1 Å². The Morgan fingerprint density at radius 1 is 1.23 bits per heavy atom. The zero-order chi connectivity index (χ0) is 20.5. The number of hydrogen-bond donors (Lipinski definition) is 2. The molecule has 0 radical (unpaired) electrons. The fourth-order valence-electron chi connectivity index (χ4n) is 3.25. The summed E-state index contributed by atoms with van der Waals surface area (Å²) in [6.07, 6.45) is -0.136. The van der Waals surface area contributed by atoms with Crippen molar-refractivity contribution in [3.05, 3.63) is 52.5 Å². The number of hydrogen-bond acceptors (Lipinski definition) is 5. The summed E-state index contributed by atoms with van der Waals surface area (Å²) < 4.78 is 24.6. The second-order valence-corrected chi connectivity index (χ2v) is 7.88. The van der Waals surface area contributed by atoms with E-state index in [0.29, 0.717) is 12.3 Å². The van der Waals surface area contributed by atoms with Gasteiger partial charge in [0.2, 0.25) is 0 Å². The first-order chi connectivity index (χ1) is 14.2. The minimum atomic E-state index is -0.303. The van der Waals surface area contributed by atoms with E-state index in [1.54, 1.807) is 30.5 Å². The average molecular weight is 548 g/mol. The zero-order valence-corrected chi connectivity index (χ0v) is 20.5. The molecule has 2 N–H and O–H groups in total. The second-order valence-electron chi connectivity index (χ2n) is 6.90. The average Bonchev–Trinajstić information content (AvgIpc) is 3.26. The molecule has 0 saturated carbocycles. The van der Waals surface area contributed by atoms with E-state index in [0.717, 1.165) is 38.8 Å². The molecule has 6 nitrogen and oxygen atoms in total. The van der Waals surface area contributed by atoms with E-state index in [9.17, 15) is 4.39 Å². The van der Waals surface area contributed by atoms with E-state index in [-0.39, 0.29) is 41.9 Å². The van der Waals surface area contributed by atoms with Crippen LogP contribution < -0.4 is 15.4 Å². The summed E-state index contributed by atoms with van der Waals surface area (Å²) in [6.45, 7) is 6.63. The number of morpholine rings is 1. The number of guanidine groups is 1. The van der Waals surface area contributed by atoms with Gasteiger partial charge in [-0.15, -0.1) is 35.3 Å². The predicted molar refractivity (Wildman–Crippen MR) is 131 cm³/mol. The molecule has 3 rings (SSSR count). The molecule has 1 aromatic heterocycles. The lowest BCUT2D eigenvalue weighted by Crippen LogP contribution is -2.47. The van der Waals surface area contributed by atoms with Crippen molar-refractivity contribution in [2.45, 2.75) is 19.1 Å². The summed E-state index contributed by atoms with van der Waals surface area (Å²) in [5.74, 6) is 0.935. The molecule has 1 aromatic carbocycles. The molecule has 0 amide bonds. The molecular weight excluding hydrogens is 518 g/mol. The molecule has 0 aliphatic carbocycles. The molecule has 1 fully saturated rings. The third kappa shape index (κ3) is 7.68. The molecular formula is C21H30FIN4O2S. The fourth-order valence-corrected chi connectivity index (χ4v) is 4.11. The fraction of sp³-hybridized carbons (Fsp3) is 0.476. The highest BCUT2D eigenvalue weighted by Crippen LogP contribution is 2.25. The van der Waals surface area contributed by atoms with Crippen LogP contribution in [-0.4, -0.2) is 63.4 Å². The minimum Gasteiger partial charge on any atom is -0.489 e. The number of nitrogens with one attached hydrogen (secondary N) is 2. The van der Waals surface area contributed by atoms with Crippen molar-refractivity contribution in [3.8, 4) is 5.75 Å². The van der Waals surface area contributed by atoms with Crippen LogP contribution in [0.4, 0.5) is 4.39 Å². The molecule has 2 unspecified atom stereocenters. The van der Waals surface area contributed by atoms with Crippen molar-refractivity contribution in [2.75, 3.05) is 46.4 Å². The van der Waals surface area contributed by atoms with Crippen LogP contribution in [0.15, 0.2) is 46.8 Å². The largest absolute Gasteiger partial charge is 0.489 e. The molecule has 2 aromatic rings. The van der Waals surface area contributed by atoms with E-state index < -0.39 is 0 Å². The van der Waals surface area contributed by atoms with Crippen molar-refractivity contribution < 1.29 is 13.9 Å². The van der Waals surface area contributed by atoms with Crippen molar-refractivity contribution in [3.63, 3.8) is 0 Å². The van der Waals surface area contributed by atoms with Gasteiger partial charge in [0, 0.05) is 37.6 Å². The Balaban J connectivity index is 0.00000320. The Kier molecular flexibility index (Phi) is 10.8. The Morgan fingerprint density at radius 3 is 2.67 bits per heavy atom. The smallest absolute Gasteiger partial charge is 0.191 e. The lowest BCUT2D eigenvalue weighted by Gasteiger charge is -2.34. The van der Waals surface area contributed by atoms with Crippen LogP contribution >= 0.6 is 35.3 Å². The van der Waals surface area contributed by atoms with Gasteiger partial charge in [-0.2, -0.15) is 0 Å². The molecule has 1 aliphatic heterocycles. The lowest BCUT2D eigenvalue weighted by atomic mass is 10.2. The number of benzene rings is 1. The molecule has 30 heavy (non-hydrogen) atoms. The maximum absolute atomic E-state index is 13.3. The molecule has 0 spiro atoms. The standard InChI is InChI=1S/C21H29FN4O2S.HI/c1-16(28-18-6-3-5-17(22)13-18)14-24-21(23-2)25-15-19(20-7-4-12-29-20)26-8-10-27-11-9-26;/h3-7,12-13,16,19H,8-11,14-15H2,1-2H3,(H2,23,24,25);1H. The number of aliphatic imine (C=N–C) groups is 1. The maximum atomic E-state index is 13.3. The van der Waals surface area contributed by atoms with E-state index in [1.807, 2.05) is 6.92 Å². The summed E-state index contributed by atoms with van der Waals surface area (Å²) in [5.41, 5.74) is 0. The summed E-state index contributed by atoms with van der Waals surface area (Å²) >= 11 is 1.77. The monoisotopic (exact) mass is 548 g/mol. The lowest BCUT2D eigenvalue weighted by molar-refractivity contribution is 0.0177. The normalized spacial score (nSPS) is 17.0. The first kappa shape index (κ1) is 24.8. The first-order valence-corrected chi connectivity index (χ1v) is 10.8.